The molecule has 0 spiro atoms. The average molecular weight is 205 g/mol. The standard InChI is InChI=1S/C12H19N3/c1-3-4-5-8-15(2)10-12-7-6-11(13)9-14-12/h3,6-7,9H,1,4-5,8,10,13H2,2H3. The predicted molar refractivity (Wildman–Crippen MR) is 64.4 cm³/mol. The van der Waals surface area contributed by atoms with E-state index in [0.717, 1.165) is 31.6 Å². The molecule has 1 heterocycles. The van der Waals surface area contributed by atoms with Gasteiger partial charge in [-0.1, -0.05) is 6.08 Å². The van der Waals surface area contributed by atoms with Gasteiger partial charge in [0.1, 0.15) is 0 Å². The largest absolute Gasteiger partial charge is 0.397 e. The molecule has 0 bridgehead atoms. The second-order valence-electron chi connectivity index (χ2n) is 3.75. The molecule has 1 rings (SSSR count). The van der Waals surface area contributed by atoms with Crippen LogP contribution >= 0.6 is 0 Å². The Balaban J connectivity index is 2.34. The van der Waals surface area contributed by atoms with Crippen molar-refractivity contribution in [2.75, 3.05) is 19.3 Å². The molecule has 0 amide bonds. The number of aromatic nitrogens is 1. The molecule has 3 nitrogen and oxygen atoms in total. The second kappa shape index (κ2) is 6.19. The van der Waals surface area contributed by atoms with Gasteiger partial charge in [-0.3, -0.25) is 4.98 Å². The van der Waals surface area contributed by atoms with E-state index in [9.17, 15) is 0 Å². The SMILES string of the molecule is C=CCCCN(C)Cc1ccc(N)cn1. The van der Waals surface area contributed by atoms with Crippen LogP contribution in [-0.2, 0) is 6.54 Å². The van der Waals surface area contributed by atoms with E-state index in [1.165, 1.54) is 0 Å². The fourth-order valence-electron chi connectivity index (χ4n) is 1.39. The van der Waals surface area contributed by atoms with Crippen LogP contribution in [0.1, 0.15) is 18.5 Å². The van der Waals surface area contributed by atoms with E-state index in [1.807, 2.05) is 18.2 Å². The Kier molecular flexibility index (Phi) is 4.84. The molecule has 1 aromatic heterocycles. The molecular formula is C12H19N3. The van der Waals surface area contributed by atoms with Crippen LogP contribution in [0, 0.1) is 0 Å². The van der Waals surface area contributed by atoms with Gasteiger partial charge in [-0.2, -0.15) is 0 Å². The lowest BCUT2D eigenvalue weighted by Gasteiger charge is -2.15. The summed E-state index contributed by atoms with van der Waals surface area (Å²) >= 11 is 0. The number of hydrogen-bond acceptors (Lipinski definition) is 3. The van der Waals surface area contributed by atoms with Crippen molar-refractivity contribution in [3.63, 3.8) is 0 Å². The number of hydrogen-bond donors (Lipinski definition) is 1. The first-order valence-electron chi connectivity index (χ1n) is 5.22. The van der Waals surface area contributed by atoms with Gasteiger partial charge in [-0.25, -0.2) is 0 Å². The summed E-state index contributed by atoms with van der Waals surface area (Å²) in [4.78, 5) is 6.51. The highest BCUT2D eigenvalue weighted by atomic mass is 15.1. The van der Waals surface area contributed by atoms with Crippen LogP contribution in [-0.4, -0.2) is 23.5 Å². The van der Waals surface area contributed by atoms with Gasteiger partial charge in [0.15, 0.2) is 0 Å². The summed E-state index contributed by atoms with van der Waals surface area (Å²) in [7, 11) is 2.10. The number of allylic oxidation sites excluding steroid dienone is 1. The topological polar surface area (TPSA) is 42.1 Å². The first-order valence-corrected chi connectivity index (χ1v) is 5.22. The summed E-state index contributed by atoms with van der Waals surface area (Å²) in [5.41, 5.74) is 7.34. The predicted octanol–water partition coefficient (Wildman–Crippen LogP) is 2.06. The fourth-order valence-corrected chi connectivity index (χ4v) is 1.39. The minimum absolute atomic E-state index is 0.716. The molecule has 0 aliphatic rings. The summed E-state index contributed by atoms with van der Waals surface area (Å²) in [6.07, 6.45) is 5.87. The van der Waals surface area contributed by atoms with Crippen LogP contribution in [0.3, 0.4) is 0 Å². The van der Waals surface area contributed by atoms with Crippen molar-refractivity contribution in [3.8, 4) is 0 Å². The van der Waals surface area contributed by atoms with E-state index < -0.39 is 0 Å². The van der Waals surface area contributed by atoms with Crippen molar-refractivity contribution < 1.29 is 0 Å². The molecule has 2 N–H and O–H groups in total. The Morgan fingerprint density at radius 1 is 1.53 bits per heavy atom. The van der Waals surface area contributed by atoms with Crippen molar-refractivity contribution in [3.05, 3.63) is 36.7 Å². The molecule has 0 fully saturated rings. The van der Waals surface area contributed by atoms with Gasteiger partial charge in [0.05, 0.1) is 17.6 Å². The molecular weight excluding hydrogens is 186 g/mol. The quantitative estimate of drug-likeness (QED) is 0.571. The van der Waals surface area contributed by atoms with Crippen LogP contribution in [0.4, 0.5) is 5.69 Å². The van der Waals surface area contributed by atoms with Gasteiger partial charge in [-0.15, -0.1) is 6.58 Å². The van der Waals surface area contributed by atoms with E-state index in [2.05, 4.69) is 23.5 Å². The zero-order valence-corrected chi connectivity index (χ0v) is 9.32. The highest BCUT2D eigenvalue weighted by Gasteiger charge is 2.00. The molecule has 0 unspecified atom stereocenters. The van der Waals surface area contributed by atoms with Crippen molar-refractivity contribution in [2.45, 2.75) is 19.4 Å². The first kappa shape index (κ1) is 11.7. The van der Waals surface area contributed by atoms with Gasteiger partial charge in [0.25, 0.3) is 0 Å². The number of anilines is 1. The third kappa shape index (κ3) is 4.61. The second-order valence-corrected chi connectivity index (χ2v) is 3.75. The summed E-state index contributed by atoms with van der Waals surface area (Å²) in [5.74, 6) is 0. The lowest BCUT2D eigenvalue weighted by Crippen LogP contribution is -2.19. The molecule has 0 aliphatic carbocycles. The Morgan fingerprint density at radius 3 is 2.93 bits per heavy atom. The number of unbranched alkanes of at least 4 members (excludes halogenated alkanes) is 1. The van der Waals surface area contributed by atoms with Gasteiger partial charge >= 0.3 is 0 Å². The highest BCUT2D eigenvalue weighted by Crippen LogP contribution is 2.04. The smallest absolute Gasteiger partial charge is 0.0545 e. The van der Waals surface area contributed by atoms with Crippen LogP contribution < -0.4 is 5.73 Å². The van der Waals surface area contributed by atoms with E-state index in [1.54, 1.807) is 6.20 Å². The summed E-state index contributed by atoms with van der Waals surface area (Å²) in [6.45, 7) is 5.65. The summed E-state index contributed by atoms with van der Waals surface area (Å²) < 4.78 is 0. The van der Waals surface area contributed by atoms with Crippen LogP contribution in [0.2, 0.25) is 0 Å². The molecule has 0 saturated heterocycles. The Hall–Kier alpha value is -1.35. The third-order valence-corrected chi connectivity index (χ3v) is 2.23. The fraction of sp³-hybridized carbons (Fsp3) is 0.417. The van der Waals surface area contributed by atoms with E-state index in [-0.39, 0.29) is 0 Å². The van der Waals surface area contributed by atoms with E-state index in [4.69, 9.17) is 5.73 Å². The Bertz CT molecular complexity index is 292. The number of nitrogens with zero attached hydrogens (tertiary/aromatic N) is 2. The zero-order chi connectivity index (χ0) is 11.1. The van der Waals surface area contributed by atoms with Gasteiger partial charge in [-0.05, 0) is 38.6 Å². The van der Waals surface area contributed by atoms with E-state index in [0.29, 0.717) is 5.69 Å². The van der Waals surface area contributed by atoms with Crippen LogP contribution in [0.5, 0.6) is 0 Å². The Labute approximate surface area is 91.6 Å². The lowest BCUT2D eigenvalue weighted by atomic mass is 10.2. The minimum atomic E-state index is 0.716. The van der Waals surface area contributed by atoms with Crippen LogP contribution in [0.15, 0.2) is 31.0 Å². The maximum Gasteiger partial charge on any atom is 0.0545 e. The normalized spacial score (nSPS) is 10.5. The van der Waals surface area contributed by atoms with Crippen molar-refractivity contribution >= 4 is 5.69 Å². The van der Waals surface area contributed by atoms with Gasteiger partial charge < -0.3 is 10.6 Å². The van der Waals surface area contributed by atoms with E-state index >= 15 is 0 Å². The van der Waals surface area contributed by atoms with Gasteiger partial charge in [0.2, 0.25) is 0 Å². The van der Waals surface area contributed by atoms with Crippen molar-refractivity contribution in [1.82, 2.24) is 9.88 Å². The molecule has 1 aromatic rings. The van der Waals surface area contributed by atoms with Gasteiger partial charge in [0, 0.05) is 6.54 Å². The molecule has 82 valence electrons. The molecule has 0 aromatic carbocycles. The molecule has 0 atom stereocenters. The maximum absolute atomic E-state index is 5.57. The molecule has 0 saturated carbocycles. The summed E-state index contributed by atoms with van der Waals surface area (Å²) in [5, 5.41) is 0. The first-order chi connectivity index (χ1) is 7.22. The highest BCUT2D eigenvalue weighted by molar-refractivity contribution is 5.34. The molecule has 15 heavy (non-hydrogen) atoms. The average Bonchev–Trinajstić information content (AvgIpc) is 2.22. The Morgan fingerprint density at radius 2 is 2.33 bits per heavy atom. The van der Waals surface area contributed by atoms with Crippen LogP contribution in [0.25, 0.3) is 0 Å². The number of nitrogen functional groups attached to an aromatic ring is 1. The third-order valence-electron chi connectivity index (χ3n) is 2.23. The van der Waals surface area contributed by atoms with Crippen molar-refractivity contribution in [1.29, 1.82) is 0 Å². The molecule has 3 heteroatoms. The van der Waals surface area contributed by atoms with Crippen molar-refractivity contribution in [2.24, 2.45) is 0 Å². The lowest BCUT2D eigenvalue weighted by molar-refractivity contribution is 0.319. The molecule has 0 radical (unpaired) electrons. The molecule has 0 aliphatic heterocycles. The number of nitrogens with two attached hydrogens (primary N) is 1. The zero-order valence-electron chi connectivity index (χ0n) is 9.32. The minimum Gasteiger partial charge on any atom is -0.397 e. The summed E-state index contributed by atoms with van der Waals surface area (Å²) in [6, 6.07) is 3.86. The number of pyridine rings is 1. The number of rotatable bonds is 6. The monoisotopic (exact) mass is 205 g/mol. The maximum atomic E-state index is 5.57.